The highest BCUT2D eigenvalue weighted by molar-refractivity contribution is 6.45. The SMILES string of the molecule is CCC(C)(C)c1ccc(OCCCC(=O)Nc2cccc(NC(=O)C(Cl)(C(=O)C(C)(C)C)n3c(=O)n(C)n(-c4ccccc4)c3=O)c2)c(C(C)(C)CC)c1. The van der Waals surface area contributed by atoms with Gasteiger partial charge in [0.25, 0.3) is 10.9 Å². The van der Waals surface area contributed by atoms with Crippen molar-refractivity contribution < 1.29 is 19.1 Å². The molecule has 0 saturated carbocycles. The number of amides is 2. The van der Waals surface area contributed by atoms with E-state index in [0.29, 0.717) is 29.0 Å². The zero-order chi connectivity index (χ0) is 40.2. The van der Waals surface area contributed by atoms with Gasteiger partial charge in [0, 0.05) is 35.8 Å². The predicted octanol–water partition coefficient (Wildman–Crippen LogP) is 7.66. The minimum absolute atomic E-state index is 0.0414. The van der Waals surface area contributed by atoms with Crippen LogP contribution in [0.1, 0.15) is 99.1 Å². The molecule has 0 spiro atoms. The molecule has 0 saturated heterocycles. The number of ketones is 1. The van der Waals surface area contributed by atoms with Gasteiger partial charge < -0.3 is 15.4 Å². The summed E-state index contributed by atoms with van der Waals surface area (Å²) in [5.41, 5.74) is 0.111. The maximum atomic E-state index is 14.0. The van der Waals surface area contributed by atoms with E-state index in [2.05, 4.69) is 64.3 Å². The summed E-state index contributed by atoms with van der Waals surface area (Å²) in [6.07, 6.45) is 2.60. The van der Waals surface area contributed by atoms with Gasteiger partial charge in [-0.3, -0.25) is 14.4 Å². The molecule has 290 valence electrons. The third-order valence-corrected chi connectivity index (χ3v) is 10.7. The van der Waals surface area contributed by atoms with E-state index in [-0.39, 0.29) is 28.8 Å². The first-order valence-corrected chi connectivity index (χ1v) is 18.8. The van der Waals surface area contributed by atoms with Gasteiger partial charge >= 0.3 is 11.4 Å². The maximum Gasteiger partial charge on any atom is 0.354 e. The Hall–Kier alpha value is -4.90. The zero-order valence-electron chi connectivity index (χ0n) is 33.1. The summed E-state index contributed by atoms with van der Waals surface area (Å²) in [5, 5.41) is 5.44. The van der Waals surface area contributed by atoms with Gasteiger partial charge in [0.15, 0.2) is 5.78 Å². The number of nitrogens with zero attached hydrogens (tertiary/aromatic N) is 3. The summed E-state index contributed by atoms with van der Waals surface area (Å²) in [5.74, 6) is -1.41. The Bertz CT molecular complexity index is 2120. The van der Waals surface area contributed by atoms with Gasteiger partial charge in [-0.05, 0) is 72.1 Å². The van der Waals surface area contributed by atoms with E-state index in [1.54, 1.807) is 69.3 Å². The molecule has 4 aromatic rings. The van der Waals surface area contributed by atoms with Gasteiger partial charge in [-0.1, -0.05) is 110 Å². The van der Waals surface area contributed by atoms with Crippen LogP contribution >= 0.6 is 11.6 Å². The topological polar surface area (TPSA) is 133 Å². The van der Waals surface area contributed by atoms with E-state index in [4.69, 9.17) is 16.3 Å². The minimum atomic E-state index is -2.75. The standard InChI is InChI=1S/C42H54ClN5O6/c1-11-40(6,7)28-23-24-33(32(26-28)41(8,9)12-2)54-25-17-22-34(49)44-29-18-16-19-30(27-29)45-36(51)42(43,35(50)39(3,4)5)47-37(52)46(10)48(38(47)53)31-20-14-13-15-21-31/h13-16,18-21,23-24,26-27H,11-12,17,22,25H2,1-10H3,(H,44,49)(H,45,51). The fourth-order valence-electron chi connectivity index (χ4n) is 5.98. The first-order valence-electron chi connectivity index (χ1n) is 18.4. The van der Waals surface area contributed by atoms with E-state index in [1.807, 2.05) is 6.07 Å². The van der Waals surface area contributed by atoms with Gasteiger partial charge in [-0.2, -0.15) is 4.68 Å². The van der Waals surface area contributed by atoms with Crippen LogP contribution in [0.5, 0.6) is 5.75 Å². The number of carbonyl (C=O) groups is 3. The van der Waals surface area contributed by atoms with Crippen LogP contribution in [0, 0.1) is 5.41 Å². The Morgan fingerprint density at radius 1 is 0.759 bits per heavy atom. The van der Waals surface area contributed by atoms with Crippen LogP contribution in [-0.2, 0) is 37.3 Å². The number of anilines is 2. The van der Waals surface area contributed by atoms with E-state index in [9.17, 15) is 24.0 Å². The smallest absolute Gasteiger partial charge is 0.354 e. The van der Waals surface area contributed by atoms with Crippen molar-refractivity contribution in [3.63, 3.8) is 0 Å². The number of alkyl halides is 1. The monoisotopic (exact) mass is 759 g/mol. The summed E-state index contributed by atoms with van der Waals surface area (Å²) in [7, 11) is 1.35. The number of hydrogen-bond acceptors (Lipinski definition) is 6. The third-order valence-electron chi connectivity index (χ3n) is 10.2. The van der Waals surface area contributed by atoms with Crippen LogP contribution < -0.4 is 26.7 Å². The normalized spacial score (nSPS) is 13.2. The van der Waals surface area contributed by atoms with Crippen LogP contribution in [0.25, 0.3) is 5.69 Å². The van der Waals surface area contributed by atoms with Crippen molar-refractivity contribution in [2.45, 2.75) is 104 Å². The van der Waals surface area contributed by atoms with Crippen LogP contribution in [0.15, 0.2) is 82.4 Å². The first-order chi connectivity index (χ1) is 25.2. The molecule has 0 radical (unpaired) electrons. The highest BCUT2D eigenvalue weighted by Crippen LogP contribution is 2.39. The molecule has 1 aromatic heterocycles. The van der Waals surface area contributed by atoms with Crippen molar-refractivity contribution in [3.05, 3.63) is 105 Å². The summed E-state index contributed by atoms with van der Waals surface area (Å²) >= 11 is 6.89. The number of benzene rings is 3. The first kappa shape index (κ1) is 41.9. The lowest BCUT2D eigenvalue weighted by Gasteiger charge is -2.30. The quantitative estimate of drug-likeness (QED) is 0.0727. The van der Waals surface area contributed by atoms with Crippen molar-refractivity contribution in [1.82, 2.24) is 13.9 Å². The van der Waals surface area contributed by atoms with Crippen molar-refractivity contribution >= 4 is 40.6 Å². The summed E-state index contributed by atoms with van der Waals surface area (Å²) in [6, 6.07) is 21.0. The van der Waals surface area contributed by atoms with Crippen molar-refractivity contribution in [2.24, 2.45) is 12.5 Å². The molecule has 0 fully saturated rings. The predicted molar refractivity (Wildman–Crippen MR) is 215 cm³/mol. The maximum absolute atomic E-state index is 14.0. The number of carbonyl (C=O) groups excluding carboxylic acids is 3. The lowest BCUT2D eigenvalue weighted by atomic mass is 9.76. The van der Waals surface area contributed by atoms with E-state index >= 15 is 0 Å². The number of aromatic nitrogens is 3. The Labute approximate surface area is 322 Å². The molecule has 4 rings (SSSR count). The zero-order valence-corrected chi connectivity index (χ0v) is 33.9. The summed E-state index contributed by atoms with van der Waals surface area (Å²) in [4.78, 5) is 65.5. The fraction of sp³-hybridized carbons (Fsp3) is 0.452. The average molecular weight is 760 g/mol. The molecular weight excluding hydrogens is 706 g/mol. The Kier molecular flexibility index (Phi) is 12.6. The Morgan fingerprint density at radius 3 is 1.96 bits per heavy atom. The second-order valence-corrected chi connectivity index (χ2v) is 16.5. The lowest BCUT2D eigenvalue weighted by Crippen LogP contribution is -2.58. The number of halogens is 1. The molecule has 2 amide bonds. The molecule has 1 heterocycles. The molecule has 12 heteroatoms. The summed E-state index contributed by atoms with van der Waals surface area (Å²) < 4.78 is 8.75. The Balaban J connectivity index is 1.49. The third kappa shape index (κ3) is 8.73. The molecule has 3 aromatic carbocycles. The van der Waals surface area contributed by atoms with Gasteiger partial charge in [0.1, 0.15) is 5.75 Å². The molecule has 1 atom stereocenters. The molecular formula is C42H54ClN5O6. The Morgan fingerprint density at radius 2 is 1.37 bits per heavy atom. The van der Waals surface area contributed by atoms with E-state index in [1.165, 1.54) is 18.7 Å². The number of para-hydroxylation sites is 1. The molecule has 11 nitrogen and oxygen atoms in total. The second kappa shape index (κ2) is 16.2. The van der Waals surface area contributed by atoms with Crippen LogP contribution in [0.2, 0.25) is 0 Å². The van der Waals surface area contributed by atoms with E-state index < -0.39 is 33.5 Å². The number of ether oxygens (including phenoxy) is 1. The van der Waals surface area contributed by atoms with Gasteiger partial charge in [-0.25, -0.2) is 18.8 Å². The summed E-state index contributed by atoms with van der Waals surface area (Å²) in [6.45, 7) is 18.2. The molecule has 1 unspecified atom stereocenters. The van der Waals surface area contributed by atoms with Crippen molar-refractivity contribution in [2.75, 3.05) is 17.2 Å². The molecule has 54 heavy (non-hydrogen) atoms. The van der Waals surface area contributed by atoms with Crippen molar-refractivity contribution in [1.29, 1.82) is 0 Å². The van der Waals surface area contributed by atoms with Gasteiger partial charge in [-0.15, -0.1) is 0 Å². The van der Waals surface area contributed by atoms with Crippen molar-refractivity contribution in [3.8, 4) is 11.4 Å². The largest absolute Gasteiger partial charge is 0.493 e. The van der Waals surface area contributed by atoms with Crippen LogP contribution in [-0.4, -0.2) is 38.1 Å². The average Bonchev–Trinajstić information content (AvgIpc) is 3.36. The molecule has 2 N–H and O–H groups in total. The number of rotatable bonds is 15. The van der Waals surface area contributed by atoms with Gasteiger partial charge in [0.2, 0.25) is 5.91 Å². The minimum Gasteiger partial charge on any atom is -0.493 e. The molecule has 0 bridgehead atoms. The van der Waals surface area contributed by atoms with Gasteiger partial charge in [0.05, 0.1) is 12.3 Å². The number of hydrogen-bond donors (Lipinski definition) is 2. The second-order valence-electron chi connectivity index (χ2n) is 16.0. The van der Waals surface area contributed by atoms with Crippen LogP contribution in [0.3, 0.4) is 0 Å². The van der Waals surface area contributed by atoms with Crippen LogP contribution in [0.4, 0.5) is 11.4 Å². The molecule has 0 aliphatic carbocycles. The highest BCUT2D eigenvalue weighted by atomic mass is 35.5. The fourth-order valence-corrected chi connectivity index (χ4v) is 6.46. The molecule has 0 aliphatic rings. The lowest BCUT2D eigenvalue weighted by molar-refractivity contribution is -0.138. The molecule has 0 aliphatic heterocycles. The number of nitrogens with one attached hydrogen (secondary N) is 2. The van der Waals surface area contributed by atoms with E-state index in [0.717, 1.165) is 33.5 Å². The number of Topliss-reactive ketones (excluding diaryl/α,β-unsaturated/α-hetero) is 1. The highest BCUT2D eigenvalue weighted by Gasteiger charge is 2.53.